The smallest absolute Gasteiger partial charge is 0.0471 e. The molecule has 0 amide bonds. The summed E-state index contributed by atoms with van der Waals surface area (Å²) in [4.78, 5) is 0. The van der Waals surface area contributed by atoms with E-state index in [-0.39, 0.29) is 17.9 Å². The molecule has 19 heavy (non-hydrogen) atoms. The lowest BCUT2D eigenvalue weighted by Crippen LogP contribution is -2.20. The van der Waals surface area contributed by atoms with E-state index in [1.54, 1.807) is 0 Å². The van der Waals surface area contributed by atoms with E-state index in [4.69, 9.17) is 5.73 Å². The molecule has 0 aliphatic rings. The number of nitrogens with two attached hydrogens (primary N) is 1. The first-order chi connectivity index (χ1) is 8.92. The van der Waals surface area contributed by atoms with Gasteiger partial charge in [-0.25, -0.2) is 0 Å². The van der Waals surface area contributed by atoms with Crippen LogP contribution in [0.4, 0.5) is 0 Å². The third-order valence-electron chi connectivity index (χ3n) is 3.95. The van der Waals surface area contributed by atoms with Gasteiger partial charge in [-0.3, -0.25) is 0 Å². The van der Waals surface area contributed by atoms with Crippen LogP contribution in [-0.2, 0) is 5.41 Å². The maximum absolute atomic E-state index is 9.29. The van der Waals surface area contributed by atoms with Gasteiger partial charge < -0.3 is 10.8 Å². The van der Waals surface area contributed by atoms with Crippen molar-refractivity contribution in [2.45, 2.75) is 51.9 Å². The minimum atomic E-state index is 0.188. The minimum absolute atomic E-state index is 0.188. The molecule has 0 spiro atoms. The van der Waals surface area contributed by atoms with Gasteiger partial charge in [0.25, 0.3) is 0 Å². The molecule has 0 fully saturated rings. The summed E-state index contributed by atoms with van der Waals surface area (Å²) in [6.07, 6.45) is 2.06. The second-order valence-electron chi connectivity index (χ2n) is 6.50. The van der Waals surface area contributed by atoms with Gasteiger partial charge >= 0.3 is 0 Å². The zero-order valence-electron chi connectivity index (χ0n) is 12.8. The number of aliphatic hydroxyl groups excluding tert-OH is 1. The molecule has 1 aromatic carbocycles. The molecule has 0 bridgehead atoms. The molecule has 0 aliphatic carbocycles. The molecule has 0 aromatic heterocycles. The number of aliphatic hydroxyl groups is 1. The maximum Gasteiger partial charge on any atom is 0.0471 e. The Labute approximate surface area is 118 Å². The summed E-state index contributed by atoms with van der Waals surface area (Å²) in [5.41, 5.74) is 8.61. The predicted octanol–water partition coefficient (Wildman–Crippen LogP) is 3.44. The highest BCUT2D eigenvalue weighted by atomic mass is 16.3. The summed E-state index contributed by atoms with van der Waals surface area (Å²) in [6.45, 7) is 9.65. The zero-order chi connectivity index (χ0) is 14.5. The summed E-state index contributed by atoms with van der Waals surface area (Å²) in [7, 11) is 0. The summed E-state index contributed by atoms with van der Waals surface area (Å²) in [5.74, 6) is 0.710. The fraction of sp³-hybridized carbons (Fsp3) is 0.647. The number of rotatable bonds is 6. The minimum Gasteiger partial charge on any atom is -0.396 e. The normalized spacial score (nSPS) is 15.3. The van der Waals surface area contributed by atoms with Crippen molar-refractivity contribution in [3.8, 4) is 0 Å². The number of hydrogen-bond acceptors (Lipinski definition) is 2. The summed E-state index contributed by atoms with van der Waals surface area (Å²) < 4.78 is 0. The Morgan fingerprint density at radius 2 is 1.74 bits per heavy atom. The molecule has 0 saturated carbocycles. The third-order valence-corrected chi connectivity index (χ3v) is 3.95. The Kier molecular flexibility index (Phi) is 6.02. The van der Waals surface area contributed by atoms with E-state index in [1.807, 2.05) is 0 Å². The van der Waals surface area contributed by atoms with Gasteiger partial charge in [-0.1, -0.05) is 52.0 Å². The largest absolute Gasteiger partial charge is 0.396 e. The Morgan fingerprint density at radius 3 is 2.11 bits per heavy atom. The van der Waals surface area contributed by atoms with E-state index in [9.17, 15) is 5.11 Å². The highest BCUT2D eigenvalue weighted by Gasteiger charge is 2.17. The predicted molar refractivity (Wildman–Crippen MR) is 82.4 cm³/mol. The van der Waals surface area contributed by atoms with Crippen LogP contribution >= 0.6 is 0 Å². The molecule has 0 heterocycles. The molecule has 2 unspecified atom stereocenters. The second kappa shape index (κ2) is 7.06. The first kappa shape index (κ1) is 16.2. The zero-order valence-corrected chi connectivity index (χ0v) is 12.8. The van der Waals surface area contributed by atoms with Gasteiger partial charge in [-0.2, -0.15) is 0 Å². The van der Waals surface area contributed by atoms with Crippen molar-refractivity contribution in [3.63, 3.8) is 0 Å². The standard InChI is InChI=1S/C17H29NO/c1-5-14(10-13(11-18)12-19)15-6-8-16(9-7-15)17(2,3)4/h6-9,13-14,19H,5,10-12,18H2,1-4H3. The monoisotopic (exact) mass is 263 g/mol. The van der Waals surface area contributed by atoms with Crippen LogP contribution < -0.4 is 5.73 Å². The van der Waals surface area contributed by atoms with Crippen LogP contribution in [0.3, 0.4) is 0 Å². The first-order valence-corrected chi connectivity index (χ1v) is 7.33. The molecule has 0 saturated heterocycles. The highest BCUT2D eigenvalue weighted by molar-refractivity contribution is 5.29. The van der Waals surface area contributed by atoms with Gasteiger partial charge in [0.1, 0.15) is 0 Å². The molecule has 1 rings (SSSR count). The van der Waals surface area contributed by atoms with Crippen LogP contribution in [0.15, 0.2) is 24.3 Å². The number of benzene rings is 1. The van der Waals surface area contributed by atoms with E-state index >= 15 is 0 Å². The second-order valence-corrected chi connectivity index (χ2v) is 6.50. The van der Waals surface area contributed by atoms with Crippen LogP contribution in [0.25, 0.3) is 0 Å². The molecule has 1 aromatic rings. The van der Waals surface area contributed by atoms with Crippen LogP contribution in [0, 0.1) is 5.92 Å². The summed E-state index contributed by atoms with van der Waals surface area (Å²) >= 11 is 0. The van der Waals surface area contributed by atoms with E-state index in [2.05, 4.69) is 52.0 Å². The Morgan fingerprint density at radius 1 is 1.16 bits per heavy atom. The van der Waals surface area contributed by atoms with Gasteiger partial charge in [-0.15, -0.1) is 0 Å². The van der Waals surface area contributed by atoms with E-state index in [0.29, 0.717) is 12.5 Å². The maximum atomic E-state index is 9.29. The van der Waals surface area contributed by atoms with E-state index in [0.717, 1.165) is 12.8 Å². The van der Waals surface area contributed by atoms with Gasteiger partial charge in [0.05, 0.1) is 0 Å². The molecular formula is C17H29NO. The molecular weight excluding hydrogens is 234 g/mol. The fourth-order valence-corrected chi connectivity index (χ4v) is 2.44. The Hall–Kier alpha value is -0.860. The average Bonchev–Trinajstić information content (AvgIpc) is 2.39. The summed E-state index contributed by atoms with van der Waals surface area (Å²) in [5, 5.41) is 9.29. The molecule has 2 heteroatoms. The lowest BCUT2D eigenvalue weighted by molar-refractivity contribution is 0.214. The third kappa shape index (κ3) is 4.63. The van der Waals surface area contributed by atoms with Crippen molar-refractivity contribution in [3.05, 3.63) is 35.4 Å². The molecule has 3 N–H and O–H groups in total. The van der Waals surface area contributed by atoms with Crippen molar-refractivity contribution in [2.24, 2.45) is 11.7 Å². The van der Waals surface area contributed by atoms with Gasteiger partial charge in [0.2, 0.25) is 0 Å². The molecule has 2 atom stereocenters. The molecule has 2 nitrogen and oxygen atoms in total. The van der Waals surface area contributed by atoms with Crippen molar-refractivity contribution in [2.75, 3.05) is 13.2 Å². The van der Waals surface area contributed by atoms with E-state index in [1.165, 1.54) is 11.1 Å². The Balaban J connectivity index is 2.82. The molecule has 0 aliphatic heterocycles. The van der Waals surface area contributed by atoms with Crippen LogP contribution in [0.2, 0.25) is 0 Å². The topological polar surface area (TPSA) is 46.2 Å². The average molecular weight is 263 g/mol. The lowest BCUT2D eigenvalue weighted by atomic mass is 9.83. The first-order valence-electron chi connectivity index (χ1n) is 7.33. The van der Waals surface area contributed by atoms with Crippen LogP contribution in [-0.4, -0.2) is 18.3 Å². The summed E-state index contributed by atoms with van der Waals surface area (Å²) in [6, 6.07) is 8.93. The quantitative estimate of drug-likeness (QED) is 0.826. The lowest BCUT2D eigenvalue weighted by Gasteiger charge is -2.23. The molecule has 108 valence electrons. The van der Waals surface area contributed by atoms with Crippen molar-refractivity contribution in [1.29, 1.82) is 0 Å². The fourth-order valence-electron chi connectivity index (χ4n) is 2.44. The van der Waals surface area contributed by atoms with E-state index < -0.39 is 0 Å². The van der Waals surface area contributed by atoms with Crippen molar-refractivity contribution in [1.82, 2.24) is 0 Å². The van der Waals surface area contributed by atoms with Crippen LogP contribution in [0.5, 0.6) is 0 Å². The highest BCUT2D eigenvalue weighted by Crippen LogP contribution is 2.29. The van der Waals surface area contributed by atoms with Crippen molar-refractivity contribution < 1.29 is 5.11 Å². The van der Waals surface area contributed by atoms with Crippen molar-refractivity contribution >= 4 is 0 Å². The van der Waals surface area contributed by atoms with Gasteiger partial charge in [0.15, 0.2) is 0 Å². The SMILES string of the molecule is CCC(CC(CN)CO)c1ccc(C(C)(C)C)cc1. The van der Waals surface area contributed by atoms with Crippen LogP contribution in [0.1, 0.15) is 57.6 Å². The van der Waals surface area contributed by atoms with Gasteiger partial charge in [-0.05, 0) is 47.8 Å². The molecule has 0 radical (unpaired) electrons. The Bertz CT molecular complexity index is 360. The number of hydrogen-bond donors (Lipinski definition) is 2. The van der Waals surface area contributed by atoms with Gasteiger partial charge in [0, 0.05) is 6.61 Å².